The minimum Gasteiger partial charge on any atom is -0.494 e. The summed E-state index contributed by atoms with van der Waals surface area (Å²) in [6.45, 7) is 1.19. The Kier molecular flexibility index (Phi) is 5.37. The molecule has 0 aliphatic carbocycles. The van der Waals surface area contributed by atoms with E-state index in [2.05, 4.69) is 15.0 Å². The Morgan fingerprint density at radius 1 is 1.38 bits per heavy atom. The number of H-pyrrole nitrogens is 1. The van der Waals surface area contributed by atoms with Crippen molar-refractivity contribution in [2.45, 2.75) is 13.0 Å². The van der Waals surface area contributed by atoms with E-state index >= 15 is 0 Å². The van der Waals surface area contributed by atoms with Gasteiger partial charge in [0.2, 0.25) is 5.88 Å². The zero-order chi connectivity index (χ0) is 18.5. The van der Waals surface area contributed by atoms with Gasteiger partial charge in [0.25, 0.3) is 5.56 Å². The average Bonchev–Trinajstić information content (AvgIpc) is 3.12. The van der Waals surface area contributed by atoms with Crippen LogP contribution in [0.3, 0.4) is 0 Å². The molecule has 2 heterocycles. The van der Waals surface area contributed by atoms with Crippen LogP contribution in [-0.4, -0.2) is 37.0 Å². The van der Waals surface area contributed by atoms with Crippen molar-refractivity contribution in [2.24, 2.45) is 4.99 Å². The predicted octanol–water partition coefficient (Wildman–Crippen LogP) is 2.45. The molecule has 0 aliphatic heterocycles. The Bertz CT molecular complexity index is 1040. The van der Waals surface area contributed by atoms with Crippen LogP contribution in [0.4, 0.5) is 4.39 Å². The van der Waals surface area contributed by atoms with Crippen LogP contribution in [0.15, 0.2) is 52.8 Å². The molecule has 0 saturated carbocycles. The van der Waals surface area contributed by atoms with Crippen molar-refractivity contribution in [1.29, 1.82) is 0 Å². The molecule has 0 radical (unpaired) electrons. The van der Waals surface area contributed by atoms with E-state index in [0.717, 1.165) is 17.5 Å². The van der Waals surface area contributed by atoms with Gasteiger partial charge < -0.3 is 9.67 Å². The molecule has 0 amide bonds. The first kappa shape index (κ1) is 17.7. The number of aromatic hydroxyl groups is 1. The van der Waals surface area contributed by atoms with E-state index in [1.807, 2.05) is 10.8 Å². The van der Waals surface area contributed by atoms with Gasteiger partial charge in [-0.15, -0.1) is 0 Å². The zero-order valence-electron chi connectivity index (χ0n) is 13.7. The summed E-state index contributed by atoms with van der Waals surface area (Å²) in [7, 11) is 0. The van der Waals surface area contributed by atoms with Crippen molar-refractivity contribution < 1.29 is 9.50 Å². The molecule has 3 aromatic rings. The second-order valence-electron chi connectivity index (χ2n) is 5.47. The second-order valence-corrected chi connectivity index (χ2v) is 5.86. The molecule has 9 heteroatoms. The zero-order valence-corrected chi connectivity index (χ0v) is 14.5. The van der Waals surface area contributed by atoms with Crippen LogP contribution in [0.2, 0.25) is 0 Å². The third-order valence-electron chi connectivity index (χ3n) is 3.70. The summed E-state index contributed by atoms with van der Waals surface area (Å²) in [5, 5.41) is 10.4. The number of hydrogen-bond donors (Lipinski definition) is 2. The molecule has 134 valence electrons. The van der Waals surface area contributed by atoms with Gasteiger partial charge in [-0.3, -0.25) is 19.3 Å². The lowest BCUT2D eigenvalue weighted by Crippen LogP contribution is -2.18. The van der Waals surface area contributed by atoms with Crippen LogP contribution >= 0.6 is 12.2 Å². The van der Waals surface area contributed by atoms with E-state index in [1.54, 1.807) is 18.6 Å². The van der Waals surface area contributed by atoms with Gasteiger partial charge in [0.05, 0.1) is 12.0 Å². The molecular weight excluding hydrogens is 357 g/mol. The topological polar surface area (TPSA) is 88.2 Å². The smallest absolute Gasteiger partial charge is 0.264 e. The molecule has 0 spiro atoms. The van der Waals surface area contributed by atoms with Gasteiger partial charge in [-0.25, -0.2) is 9.37 Å². The Morgan fingerprint density at radius 3 is 2.92 bits per heavy atom. The standard InChI is InChI=1S/C17H16FN5O2S/c18-13-4-1-2-5-14(13)23-16(25)12(15(24)21-17(23)26)10-19-6-3-8-22-9-7-20-11-22/h1-2,4-5,7,9-11,25H,3,6,8H2,(H,21,24,26). The number of aromatic nitrogens is 4. The molecule has 0 bridgehead atoms. The fraction of sp³-hybridized carbons (Fsp3) is 0.176. The summed E-state index contributed by atoms with van der Waals surface area (Å²) in [5.74, 6) is -1.03. The maximum atomic E-state index is 14.0. The van der Waals surface area contributed by atoms with E-state index in [1.165, 1.54) is 24.4 Å². The number of aryl methyl sites for hydroxylation is 1. The average molecular weight is 373 g/mol. The summed E-state index contributed by atoms with van der Waals surface area (Å²) in [5.41, 5.74) is -0.621. The molecule has 26 heavy (non-hydrogen) atoms. The number of halogens is 1. The highest BCUT2D eigenvalue weighted by molar-refractivity contribution is 7.71. The summed E-state index contributed by atoms with van der Waals surface area (Å²) in [6.07, 6.45) is 7.25. The molecule has 0 saturated heterocycles. The molecule has 0 atom stereocenters. The highest BCUT2D eigenvalue weighted by Gasteiger charge is 2.14. The monoisotopic (exact) mass is 373 g/mol. The van der Waals surface area contributed by atoms with Crippen molar-refractivity contribution in [3.8, 4) is 11.6 Å². The Hall–Kier alpha value is -3.07. The SMILES string of the molecule is O=c1[nH]c(=S)n(-c2ccccc2F)c(O)c1C=NCCCn1ccnc1. The number of benzene rings is 1. The molecule has 1 aromatic carbocycles. The van der Waals surface area contributed by atoms with Crippen LogP contribution in [0, 0.1) is 10.6 Å². The van der Waals surface area contributed by atoms with Gasteiger partial charge in [0.15, 0.2) is 4.77 Å². The summed E-state index contributed by atoms with van der Waals surface area (Å²) < 4.78 is 16.9. The molecule has 3 rings (SSSR count). The van der Waals surface area contributed by atoms with Crippen LogP contribution in [-0.2, 0) is 6.54 Å². The summed E-state index contributed by atoms with van der Waals surface area (Å²) in [4.78, 5) is 22.6. The lowest BCUT2D eigenvalue weighted by molar-refractivity contribution is 0.429. The van der Waals surface area contributed by atoms with Gasteiger partial charge in [-0.05, 0) is 30.8 Å². The number of nitrogens with zero attached hydrogens (tertiary/aromatic N) is 4. The minimum atomic E-state index is -0.585. The van der Waals surface area contributed by atoms with Crippen molar-refractivity contribution in [3.05, 3.63) is 69.5 Å². The van der Waals surface area contributed by atoms with Gasteiger partial charge in [-0.1, -0.05) is 12.1 Å². The molecule has 0 fully saturated rings. The lowest BCUT2D eigenvalue weighted by atomic mass is 10.2. The maximum absolute atomic E-state index is 14.0. The summed E-state index contributed by atoms with van der Waals surface area (Å²) >= 11 is 5.06. The first-order chi connectivity index (χ1) is 12.6. The molecule has 7 nitrogen and oxygen atoms in total. The third kappa shape index (κ3) is 3.77. The molecule has 0 unspecified atom stereocenters. The minimum absolute atomic E-state index is 0.0426. The Labute approximate surface area is 153 Å². The van der Waals surface area contributed by atoms with Gasteiger partial charge in [-0.2, -0.15) is 0 Å². The van der Waals surface area contributed by atoms with E-state index in [4.69, 9.17) is 12.2 Å². The fourth-order valence-electron chi connectivity index (χ4n) is 2.43. The fourth-order valence-corrected chi connectivity index (χ4v) is 2.71. The van der Waals surface area contributed by atoms with E-state index in [9.17, 15) is 14.3 Å². The van der Waals surface area contributed by atoms with Gasteiger partial charge in [0.1, 0.15) is 11.4 Å². The number of rotatable bonds is 6. The third-order valence-corrected chi connectivity index (χ3v) is 3.98. The van der Waals surface area contributed by atoms with Crippen molar-refractivity contribution in [3.63, 3.8) is 0 Å². The first-order valence-corrected chi connectivity index (χ1v) is 8.27. The number of hydrogen-bond acceptors (Lipinski definition) is 5. The highest BCUT2D eigenvalue weighted by Crippen LogP contribution is 2.20. The molecule has 2 aromatic heterocycles. The largest absolute Gasteiger partial charge is 0.494 e. The number of para-hydroxylation sites is 1. The second kappa shape index (κ2) is 7.87. The van der Waals surface area contributed by atoms with Crippen LogP contribution in [0.5, 0.6) is 5.88 Å². The van der Waals surface area contributed by atoms with E-state index < -0.39 is 17.3 Å². The number of imidazole rings is 1. The molecule has 0 aliphatic rings. The quantitative estimate of drug-likeness (QED) is 0.395. The highest BCUT2D eigenvalue weighted by atomic mass is 32.1. The normalized spacial score (nSPS) is 11.3. The Balaban J connectivity index is 1.84. The number of nitrogens with one attached hydrogen (secondary N) is 1. The van der Waals surface area contributed by atoms with Crippen molar-refractivity contribution >= 4 is 18.4 Å². The van der Waals surface area contributed by atoms with E-state index in [0.29, 0.717) is 6.54 Å². The van der Waals surface area contributed by atoms with E-state index in [-0.39, 0.29) is 16.0 Å². The molecular formula is C17H16FN5O2S. The summed E-state index contributed by atoms with van der Waals surface area (Å²) in [6, 6.07) is 5.82. The van der Waals surface area contributed by atoms with Crippen LogP contribution < -0.4 is 5.56 Å². The lowest BCUT2D eigenvalue weighted by Gasteiger charge is -2.11. The van der Waals surface area contributed by atoms with Crippen molar-refractivity contribution in [2.75, 3.05) is 6.54 Å². The van der Waals surface area contributed by atoms with Crippen molar-refractivity contribution in [1.82, 2.24) is 19.1 Å². The van der Waals surface area contributed by atoms with Gasteiger partial charge in [0, 0.05) is 31.7 Å². The number of aliphatic imine (C=N–C) groups is 1. The molecule has 2 N–H and O–H groups in total. The first-order valence-electron chi connectivity index (χ1n) is 7.86. The predicted molar refractivity (Wildman–Crippen MR) is 98.2 cm³/mol. The van der Waals surface area contributed by atoms with Gasteiger partial charge >= 0.3 is 0 Å². The van der Waals surface area contributed by atoms with Crippen LogP contribution in [0.1, 0.15) is 12.0 Å². The Morgan fingerprint density at radius 2 is 2.19 bits per heavy atom. The van der Waals surface area contributed by atoms with Crippen LogP contribution in [0.25, 0.3) is 5.69 Å². The number of aromatic amines is 1. The maximum Gasteiger partial charge on any atom is 0.264 e.